The maximum atomic E-state index is 12.7. The number of nitrogens with zero attached hydrogens (tertiary/aromatic N) is 2. The van der Waals surface area contributed by atoms with E-state index in [0.717, 1.165) is 12.8 Å². The Morgan fingerprint density at radius 1 is 1.26 bits per heavy atom. The number of rotatable bonds is 4. The van der Waals surface area contributed by atoms with Crippen LogP contribution in [0.25, 0.3) is 10.9 Å². The van der Waals surface area contributed by atoms with Crippen LogP contribution < -0.4 is 11.2 Å². The van der Waals surface area contributed by atoms with Gasteiger partial charge >= 0.3 is 11.7 Å². The highest BCUT2D eigenvalue weighted by atomic mass is 16.4. The third-order valence-electron chi connectivity index (χ3n) is 6.10. The molecule has 1 amide bonds. The van der Waals surface area contributed by atoms with Crippen molar-refractivity contribution in [3.63, 3.8) is 0 Å². The quantitative estimate of drug-likeness (QED) is 0.825. The minimum Gasteiger partial charge on any atom is -0.481 e. The number of carbonyl (C=O) groups excluding carboxylic acids is 1. The summed E-state index contributed by atoms with van der Waals surface area (Å²) >= 11 is 0. The van der Waals surface area contributed by atoms with Crippen molar-refractivity contribution < 1.29 is 14.7 Å². The van der Waals surface area contributed by atoms with E-state index in [4.69, 9.17) is 0 Å². The van der Waals surface area contributed by atoms with E-state index in [-0.39, 0.29) is 31.3 Å². The number of aliphatic carboxylic acids is 1. The first-order valence-electron chi connectivity index (χ1n) is 9.15. The van der Waals surface area contributed by atoms with Gasteiger partial charge in [-0.3, -0.25) is 23.9 Å². The lowest BCUT2D eigenvalue weighted by molar-refractivity contribution is -0.149. The number of hydrogen-bond acceptors (Lipinski definition) is 4. The lowest BCUT2D eigenvalue weighted by Crippen LogP contribution is -2.38. The second-order valence-electron chi connectivity index (χ2n) is 7.50. The lowest BCUT2D eigenvalue weighted by atomic mass is 9.81. The third kappa shape index (κ3) is 2.75. The van der Waals surface area contributed by atoms with Crippen molar-refractivity contribution in [3.8, 4) is 0 Å². The van der Waals surface area contributed by atoms with Gasteiger partial charge in [-0.15, -0.1) is 0 Å². The predicted molar refractivity (Wildman–Crippen MR) is 97.4 cm³/mol. The number of carbonyl (C=O) groups is 2. The number of benzene rings is 1. The molecule has 27 heavy (non-hydrogen) atoms. The van der Waals surface area contributed by atoms with Crippen LogP contribution in [0.4, 0.5) is 0 Å². The van der Waals surface area contributed by atoms with Crippen molar-refractivity contribution in [2.24, 2.45) is 11.3 Å². The molecule has 2 heterocycles. The molecule has 1 saturated heterocycles. The number of likely N-dealkylation sites (tertiary alicyclic amines) is 1. The molecule has 8 nitrogen and oxygen atoms in total. The smallest absolute Gasteiger partial charge is 0.328 e. The lowest BCUT2D eigenvalue weighted by Gasteiger charge is -2.23. The zero-order chi connectivity index (χ0) is 19.2. The molecule has 0 spiro atoms. The van der Waals surface area contributed by atoms with E-state index in [1.54, 1.807) is 29.2 Å². The molecular formula is C19H21N3O5. The first-order chi connectivity index (χ1) is 12.9. The van der Waals surface area contributed by atoms with Crippen molar-refractivity contribution in [2.45, 2.75) is 32.2 Å². The number of hydrogen-bond donors (Lipinski definition) is 2. The van der Waals surface area contributed by atoms with Crippen LogP contribution in [0.1, 0.15) is 25.7 Å². The van der Waals surface area contributed by atoms with E-state index < -0.39 is 22.6 Å². The van der Waals surface area contributed by atoms with Crippen molar-refractivity contribution >= 4 is 22.8 Å². The number of carboxylic acids is 1. The van der Waals surface area contributed by atoms with Crippen LogP contribution in [0, 0.1) is 11.3 Å². The van der Waals surface area contributed by atoms with E-state index in [9.17, 15) is 24.3 Å². The van der Waals surface area contributed by atoms with Gasteiger partial charge in [-0.25, -0.2) is 4.79 Å². The average Bonchev–Trinajstić information content (AvgIpc) is 3.20. The second kappa shape index (κ2) is 6.37. The largest absolute Gasteiger partial charge is 0.481 e. The number of amides is 1. The Labute approximate surface area is 154 Å². The SMILES string of the molecule is O=C(CCn1c(=O)[nH]c(=O)c2ccccc21)N1C[C@@H]2CCC[C@@]2(C(=O)O)C1. The van der Waals surface area contributed by atoms with E-state index in [1.165, 1.54) is 4.57 Å². The van der Waals surface area contributed by atoms with Gasteiger partial charge in [-0.1, -0.05) is 18.6 Å². The van der Waals surface area contributed by atoms with Crippen LogP contribution in [-0.2, 0) is 16.1 Å². The molecule has 1 saturated carbocycles. The zero-order valence-corrected chi connectivity index (χ0v) is 14.8. The highest BCUT2D eigenvalue weighted by molar-refractivity contribution is 5.82. The Morgan fingerprint density at radius 3 is 2.78 bits per heavy atom. The minimum absolute atomic E-state index is 0.00980. The number of aromatic nitrogens is 2. The molecule has 0 bridgehead atoms. The molecular weight excluding hydrogens is 350 g/mol. The van der Waals surface area contributed by atoms with Gasteiger partial charge in [0.25, 0.3) is 5.56 Å². The van der Waals surface area contributed by atoms with Crippen molar-refractivity contribution in [2.75, 3.05) is 13.1 Å². The molecule has 142 valence electrons. The van der Waals surface area contributed by atoms with Crippen molar-refractivity contribution in [3.05, 3.63) is 45.1 Å². The van der Waals surface area contributed by atoms with Crippen LogP contribution in [-0.4, -0.2) is 44.5 Å². The predicted octanol–water partition coefficient (Wildman–Crippen LogP) is 0.793. The summed E-state index contributed by atoms with van der Waals surface area (Å²) in [7, 11) is 0. The summed E-state index contributed by atoms with van der Waals surface area (Å²) < 4.78 is 1.39. The molecule has 2 N–H and O–H groups in total. The summed E-state index contributed by atoms with van der Waals surface area (Å²) in [6.45, 7) is 0.843. The molecule has 2 atom stereocenters. The van der Waals surface area contributed by atoms with Crippen molar-refractivity contribution in [1.29, 1.82) is 0 Å². The first-order valence-corrected chi connectivity index (χ1v) is 9.15. The second-order valence-corrected chi connectivity index (χ2v) is 7.50. The summed E-state index contributed by atoms with van der Waals surface area (Å²) in [4.78, 5) is 52.4. The molecule has 1 aliphatic heterocycles. The Hall–Kier alpha value is -2.90. The fourth-order valence-corrected chi connectivity index (χ4v) is 4.66. The van der Waals surface area contributed by atoms with E-state index >= 15 is 0 Å². The maximum absolute atomic E-state index is 12.7. The number of para-hydroxylation sites is 1. The molecule has 2 aromatic rings. The average molecular weight is 371 g/mol. The normalized spacial score (nSPS) is 24.3. The Morgan fingerprint density at radius 2 is 2.04 bits per heavy atom. The van der Waals surface area contributed by atoms with Crippen molar-refractivity contribution in [1.82, 2.24) is 14.5 Å². The van der Waals surface area contributed by atoms with Gasteiger partial charge in [-0.2, -0.15) is 0 Å². The topological polar surface area (TPSA) is 112 Å². The standard InChI is InChI=1S/C19H21N3O5/c23-15(21-10-12-4-3-8-19(12,11-21)17(25)26)7-9-22-14-6-2-1-5-13(14)16(24)20-18(22)27/h1-2,5-6,12H,3-4,7-11H2,(H,25,26)(H,20,24,27)/t12-,19+/m0/s1. The molecule has 1 aliphatic carbocycles. The van der Waals surface area contributed by atoms with Crippen LogP contribution in [0.2, 0.25) is 0 Å². The Kier molecular flexibility index (Phi) is 4.13. The number of nitrogens with one attached hydrogen (secondary N) is 1. The summed E-state index contributed by atoms with van der Waals surface area (Å²) in [5.74, 6) is -0.967. The highest BCUT2D eigenvalue weighted by Crippen LogP contribution is 2.48. The van der Waals surface area contributed by atoms with Gasteiger partial charge in [-0.05, 0) is 30.9 Å². The van der Waals surface area contributed by atoms with Gasteiger partial charge in [0.15, 0.2) is 0 Å². The van der Waals surface area contributed by atoms with Crippen LogP contribution in [0.5, 0.6) is 0 Å². The molecule has 8 heteroatoms. The number of carboxylic acid groups (broad SMARTS) is 1. The summed E-state index contributed by atoms with van der Waals surface area (Å²) in [5.41, 5.74) is -1.32. The van der Waals surface area contributed by atoms with E-state index in [0.29, 0.717) is 23.9 Å². The minimum atomic E-state index is -0.817. The number of aromatic amines is 1. The molecule has 4 rings (SSSR count). The first kappa shape index (κ1) is 17.5. The van der Waals surface area contributed by atoms with Gasteiger partial charge in [0.1, 0.15) is 0 Å². The van der Waals surface area contributed by atoms with Gasteiger partial charge in [0.2, 0.25) is 5.91 Å². The maximum Gasteiger partial charge on any atom is 0.328 e. The summed E-state index contributed by atoms with van der Waals surface area (Å²) in [6.07, 6.45) is 2.41. The number of fused-ring (bicyclic) bond motifs is 2. The van der Waals surface area contributed by atoms with Gasteiger partial charge in [0, 0.05) is 26.1 Å². The summed E-state index contributed by atoms with van der Waals surface area (Å²) in [5, 5.41) is 10.0. The highest BCUT2D eigenvalue weighted by Gasteiger charge is 2.55. The molecule has 0 radical (unpaired) electrons. The number of aryl methyl sites for hydroxylation is 1. The number of H-pyrrole nitrogens is 1. The fourth-order valence-electron chi connectivity index (χ4n) is 4.66. The molecule has 2 fully saturated rings. The summed E-state index contributed by atoms with van der Waals surface area (Å²) in [6, 6.07) is 6.75. The Balaban J connectivity index is 1.53. The Bertz CT molecular complexity index is 1040. The molecule has 0 unspecified atom stereocenters. The molecule has 1 aromatic heterocycles. The zero-order valence-electron chi connectivity index (χ0n) is 14.8. The van der Waals surface area contributed by atoms with Gasteiger partial charge < -0.3 is 10.0 Å². The van der Waals surface area contributed by atoms with Gasteiger partial charge in [0.05, 0.1) is 16.3 Å². The fraction of sp³-hybridized carbons (Fsp3) is 0.474. The van der Waals surface area contributed by atoms with Crippen LogP contribution >= 0.6 is 0 Å². The molecule has 2 aliphatic rings. The van der Waals surface area contributed by atoms with Crippen LogP contribution in [0.15, 0.2) is 33.9 Å². The van der Waals surface area contributed by atoms with E-state index in [1.807, 2.05) is 0 Å². The molecule has 1 aromatic carbocycles. The third-order valence-corrected chi connectivity index (χ3v) is 6.10. The van der Waals surface area contributed by atoms with Crippen LogP contribution in [0.3, 0.4) is 0 Å². The van der Waals surface area contributed by atoms with E-state index in [2.05, 4.69) is 4.98 Å². The monoisotopic (exact) mass is 371 g/mol.